The second kappa shape index (κ2) is 11.4. The van der Waals surface area contributed by atoms with Crippen LogP contribution in [-0.2, 0) is 30.6 Å². The van der Waals surface area contributed by atoms with Crippen LogP contribution in [0.4, 0.5) is 10.8 Å². The lowest BCUT2D eigenvalue weighted by Crippen LogP contribution is -2.71. The fourth-order valence-corrected chi connectivity index (χ4v) is 5.17. The molecule has 4 rings (SSSR count). The maximum absolute atomic E-state index is 12.9. The lowest BCUT2D eigenvalue weighted by atomic mass is 10.0. The van der Waals surface area contributed by atoms with Gasteiger partial charge in [0, 0.05) is 17.5 Å². The van der Waals surface area contributed by atoms with Crippen LogP contribution in [0.5, 0.6) is 0 Å². The number of benzene rings is 1. The number of anilines is 1. The molecule has 0 bridgehead atoms. The van der Waals surface area contributed by atoms with E-state index in [-0.39, 0.29) is 58.4 Å². The molecule has 2 atom stereocenters. The molecule has 2 amide bonds. The number of aromatic nitrogens is 1. The predicted octanol–water partition coefficient (Wildman–Crippen LogP) is 1.32. The number of nitrogen functional groups attached to an aromatic ring is 1. The molecular weight excluding hydrogens is 552 g/mol. The summed E-state index contributed by atoms with van der Waals surface area (Å²) >= 11 is 2.24. The number of oxime groups is 1. The first-order valence-corrected chi connectivity index (χ1v) is 12.0. The molecule has 2 aliphatic rings. The number of carbonyl (C=O) groups is 3. The first kappa shape index (κ1) is 27.7. The maximum atomic E-state index is 12.9. The number of thiazole rings is 1. The van der Waals surface area contributed by atoms with Crippen molar-refractivity contribution in [3.05, 3.63) is 62.5 Å². The van der Waals surface area contributed by atoms with Gasteiger partial charge in [-0.15, -0.1) is 35.5 Å². The van der Waals surface area contributed by atoms with Gasteiger partial charge in [0.1, 0.15) is 36.6 Å². The van der Waals surface area contributed by atoms with E-state index >= 15 is 0 Å². The van der Waals surface area contributed by atoms with Crippen molar-refractivity contribution in [1.29, 1.82) is 0 Å². The van der Waals surface area contributed by atoms with Crippen molar-refractivity contribution in [3.8, 4) is 0 Å². The number of carbonyl (C=O) groups excluding carboxylic acids is 3. The van der Waals surface area contributed by atoms with E-state index in [1.807, 2.05) is 0 Å². The van der Waals surface area contributed by atoms with Crippen LogP contribution in [0.2, 0.25) is 0 Å². The van der Waals surface area contributed by atoms with Crippen molar-refractivity contribution < 1.29 is 34.0 Å². The third-order valence-electron chi connectivity index (χ3n) is 5.11. The Hall–Kier alpha value is -3.89. The van der Waals surface area contributed by atoms with E-state index in [1.165, 1.54) is 36.8 Å². The van der Waals surface area contributed by atoms with Gasteiger partial charge in [-0.1, -0.05) is 5.16 Å². The van der Waals surface area contributed by atoms with Gasteiger partial charge in [0.25, 0.3) is 17.5 Å². The quantitative estimate of drug-likeness (QED) is 0.136. The summed E-state index contributed by atoms with van der Waals surface area (Å²) in [6.07, 6.45) is 0. The van der Waals surface area contributed by atoms with Crippen LogP contribution in [0.25, 0.3) is 0 Å². The number of β-lactam (4-membered cyclic amide) rings is 1. The van der Waals surface area contributed by atoms with Gasteiger partial charge in [-0.2, -0.15) is 0 Å². The number of nitro groups is 1. The average molecular weight is 571 g/mol. The number of hydrogen-bond donors (Lipinski definition) is 3. The number of aliphatic hydroxyl groups is 1. The number of nitrogens with one attached hydrogen (secondary N) is 1. The number of non-ortho nitro benzene ring substituents is 1. The molecule has 14 nitrogen and oxygen atoms in total. The summed E-state index contributed by atoms with van der Waals surface area (Å²) in [5.74, 6) is -2.66. The Labute approximate surface area is 223 Å². The van der Waals surface area contributed by atoms with Crippen molar-refractivity contribution in [2.45, 2.75) is 18.0 Å². The molecule has 0 spiro atoms. The third-order valence-corrected chi connectivity index (χ3v) is 7.05. The van der Waals surface area contributed by atoms with Crippen LogP contribution in [0.3, 0.4) is 0 Å². The van der Waals surface area contributed by atoms with Crippen LogP contribution in [0, 0.1) is 10.1 Å². The first-order valence-electron chi connectivity index (χ1n) is 10.1. The number of fused-ring (bicyclic) bond motifs is 1. The molecule has 3 heterocycles. The Balaban J connectivity index is 0.00000380. The van der Waals surface area contributed by atoms with E-state index in [2.05, 4.69) is 15.5 Å². The fourth-order valence-electron chi connectivity index (χ4n) is 3.43. The Morgan fingerprint density at radius 3 is 2.68 bits per heavy atom. The Bertz CT molecular complexity index is 1300. The number of aliphatic hydroxyl groups excluding tert-OH is 1. The maximum Gasteiger partial charge on any atom is 0.358 e. The monoisotopic (exact) mass is 570 g/mol. The van der Waals surface area contributed by atoms with E-state index < -0.39 is 34.1 Å². The third kappa shape index (κ3) is 5.60. The Morgan fingerprint density at radius 2 is 2.08 bits per heavy atom. The van der Waals surface area contributed by atoms with Crippen LogP contribution < -0.4 is 11.1 Å². The number of esters is 1. The molecule has 2 aliphatic heterocycles. The van der Waals surface area contributed by atoms with Crippen molar-refractivity contribution >= 4 is 69.8 Å². The van der Waals surface area contributed by atoms with E-state index in [1.54, 1.807) is 0 Å². The number of thioether (sulfide) groups is 1. The normalized spacial score (nSPS) is 18.8. The number of halogens is 1. The largest absolute Gasteiger partial charge is 0.509 e. The number of hydrogen-bond acceptors (Lipinski definition) is 13. The van der Waals surface area contributed by atoms with E-state index in [0.717, 1.165) is 28.0 Å². The molecular formula is C20H19ClN6O8S2. The van der Waals surface area contributed by atoms with Gasteiger partial charge in [-0.05, 0) is 17.7 Å². The van der Waals surface area contributed by atoms with Crippen LogP contribution in [0.1, 0.15) is 11.3 Å². The second-order valence-electron chi connectivity index (χ2n) is 7.35. The number of nitrogens with two attached hydrogens (primary N) is 1. The number of rotatable bonds is 8. The fraction of sp³-hybridized carbons (Fsp3) is 0.250. The van der Waals surface area contributed by atoms with Gasteiger partial charge in [-0.25, -0.2) is 9.78 Å². The van der Waals surface area contributed by atoms with Gasteiger partial charge in [0.15, 0.2) is 16.5 Å². The standard InChI is InChI=1S/C20H18N6O8S2.ClH/c1-33-24-13(11-7-36-20(21)22-11)16(28)23-14-17(29)25-15(12(27)8-35-18(14)25)19(30)34-6-9-2-4-10(5-3-9)26(31)32;/h2-5,7,14,18,27H,6,8H2,1H3,(H2,21,22)(H,23,28);1H/b24-13+;. The highest BCUT2D eigenvalue weighted by atomic mass is 35.5. The molecule has 0 saturated carbocycles. The molecule has 1 aromatic heterocycles. The SMILES string of the molecule is CO/N=C(/C(=O)NC1C(=O)N2C(C(=O)OCc3ccc([N+](=O)[O-])cc3)=C(O)CSC12)c1csc(N)n1.Cl. The lowest BCUT2D eigenvalue weighted by Gasteiger charge is -2.48. The predicted molar refractivity (Wildman–Crippen MR) is 135 cm³/mol. The zero-order chi connectivity index (χ0) is 26.0. The molecule has 37 heavy (non-hydrogen) atoms. The highest BCUT2D eigenvalue weighted by Gasteiger charge is 2.55. The van der Waals surface area contributed by atoms with Gasteiger partial charge >= 0.3 is 5.97 Å². The molecule has 0 radical (unpaired) electrons. The summed E-state index contributed by atoms with van der Waals surface area (Å²) in [5, 5.41) is 28.3. The molecule has 0 aliphatic carbocycles. The molecule has 1 fully saturated rings. The Kier molecular flexibility index (Phi) is 8.57. The molecule has 2 unspecified atom stereocenters. The van der Waals surface area contributed by atoms with Gasteiger partial charge in [0.2, 0.25) is 0 Å². The smallest absolute Gasteiger partial charge is 0.358 e. The van der Waals surface area contributed by atoms with E-state index in [0.29, 0.717) is 5.56 Å². The molecule has 4 N–H and O–H groups in total. The summed E-state index contributed by atoms with van der Waals surface area (Å²) in [7, 11) is 1.25. The molecule has 1 saturated heterocycles. The lowest BCUT2D eigenvalue weighted by molar-refractivity contribution is -0.384. The number of nitrogens with zero attached hydrogens (tertiary/aromatic N) is 4. The minimum atomic E-state index is -1.01. The average Bonchev–Trinajstić information content (AvgIpc) is 3.29. The van der Waals surface area contributed by atoms with Crippen molar-refractivity contribution in [2.75, 3.05) is 18.6 Å². The highest BCUT2D eigenvalue weighted by Crippen LogP contribution is 2.40. The van der Waals surface area contributed by atoms with Gasteiger partial charge < -0.3 is 25.7 Å². The molecule has 1 aromatic carbocycles. The summed E-state index contributed by atoms with van der Waals surface area (Å²) < 4.78 is 5.21. The highest BCUT2D eigenvalue weighted by molar-refractivity contribution is 8.00. The number of ether oxygens (including phenoxy) is 1. The van der Waals surface area contributed by atoms with E-state index in [9.17, 15) is 29.6 Å². The van der Waals surface area contributed by atoms with Crippen molar-refractivity contribution in [2.24, 2.45) is 5.16 Å². The first-order chi connectivity index (χ1) is 17.2. The number of amides is 2. The van der Waals surface area contributed by atoms with E-state index in [4.69, 9.17) is 15.3 Å². The minimum absolute atomic E-state index is 0. The summed E-state index contributed by atoms with van der Waals surface area (Å²) in [6, 6.07) is 4.37. The zero-order valence-corrected chi connectivity index (χ0v) is 21.3. The van der Waals surface area contributed by atoms with Crippen LogP contribution >= 0.6 is 35.5 Å². The van der Waals surface area contributed by atoms with Crippen molar-refractivity contribution in [1.82, 2.24) is 15.2 Å². The molecule has 17 heteroatoms. The molecule has 196 valence electrons. The minimum Gasteiger partial charge on any atom is -0.509 e. The zero-order valence-electron chi connectivity index (χ0n) is 18.9. The van der Waals surface area contributed by atoms with Crippen LogP contribution in [-0.4, -0.2) is 67.7 Å². The topological polar surface area (TPSA) is 200 Å². The second-order valence-corrected chi connectivity index (χ2v) is 9.34. The Morgan fingerprint density at radius 1 is 1.38 bits per heavy atom. The van der Waals surface area contributed by atoms with Gasteiger partial charge in [0.05, 0.1) is 10.7 Å². The summed E-state index contributed by atoms with van der Waals surface area (Å²) in [4.78, 5) is 58.3. The summed E-state index contributed by atoms with van der Waals surface area (Å²) in [6.45, 7) is -0.235. The molecule has 2 aromatic rings. The van der Waals surface area contributed by atoms with Crippen molar-refractivity contribution in [3.63, 3.8) is 0 Å². The summed E-state index contributed by atoms with van der Waals surface area (Å²) in [5.41, 5.74) is 5.64. The van der Waals surface area contributed by atoms with Gasteiger partial charge in [-0.3, -0.25) is 24.6 Å². The van der Waals surface area contributed by atoms with Crippen LogP contribution in [0.15, 0.2) is 46.3 Å². The number of nitro benzene ring substituents is 1.